The Labute approximate surface area is 73.8 Å². The zero-order chi connectivity index (χ0) is 10.1. The number of rotatable bonds is 1. The highest BCUT2D eigenvalue weighted by molar-refractivity contribution is 5.23. The molecule has 2 nitrogen and oxygen atoms in total. The highest BCUT2D eigenvalue weighted by Crippen LogP contribution is 2.32. The van der Waals surface area contributed by atoms with Crippen LogP contribution in [0.15, 0.2) is 12.3 Å². The molecule has 13 heavy (non-hydrogen) atoms. The van der Waals surface area contributed by atoms with Gasteiger partial charge in [-0.3, -0.25) is 0 Å². The van der Waals surface area contributed by atoms with Gasteiger partial charge in [0.05, 0.1) is 0 Å². The molecule has 1 aromatic heterocycles. The molecule has 72 valence electrons. The van der Waals surface area contributed by atoms with Crippen LogP contribution in [0.25, 0.3) is 0 Å². The maximum Gasteiger partial charge on any atom is 0.435 e. The predicted molar refractivity (Wildman–Crippen MR) is 41.1 cm³/mol. The minimum atomic E-state index is -4.41. The van der Waals surface area contributed by atoms with Gasteiger partial charge in [-0.15, -0.1) is 5.10 Å². The van der Waals surface area contributed by atoms with Crippen molar-refractivity contribution in [2.24, 2.45) is 0 Å². The molecule has 0 N–H and O–H groups in total. The van der Waals surface area contributed by atoms with Gasteiger partial charge in [-0.25, -0.2) is 0 Å². The normalized spacial score (nSPS) is 12.2. The smallest absolute Gasteiger partial charge is 0.164 e. The topological polar surface area (TPSA) is 25.8 Å². The molecule has 0 spiro atoms. The van der Waals surface area contributed by atoms with Gasteiger partial charge in [0.15, 0.2) is 5.69 Å². The van der Waals surface area contributed by atoms with Crippen molar-refractivity contribution >= 4 is 0 Å². The van der Waals surface area contributed by atoms with E-state index in [0.29, 0.717) is 0 Å². The summed E-state index contributed by atoms with van der Waals surface area (Å²) in [7, 11) is 0. The summed E-state index contributed by atoms with van der Waals surface area (Å²) in [5.41, 5.74) is -0.701. The summed E-state index contributed by atoms with van der Waals surface area (Å²) in [6, 6.07) is 1.35. The summed E-state index contributed by atoms with van der Waals surface area (Å²) in [4.78, 5) is 0. The molecule has 0 saturated carbocycles. The molecule has 0 atom stereocenters. The number of nitrogens with zero attached hydrogens (tertiary/aromatic N) is 2. The average molecular weight is 190 g/mol. The Kier molecular flexibility index (Phi) is 2.54. The van der Waals surface area contributed by atoms with Crippen molar-refractivity contribution in [1.29, 1.82) is 0 Å². The summed E-state index contributed by atoms with van der Waals surface area (Å²) in [5, 5.41) is 6.32. The molecule has 0 unspecified atom stereocenters. The maximum atomic E-state index is 12.3. The van der Waals surface area contributed by atoms with E-state index in [0.717, 1.165) is 0 Å². The largest absolute Gasteiger partial charge is 0.435 e. The molecule has 0 fully saturated rings. The van der Waals surface area contributed by atoms with E-state index in [1.165, 1.54) is 12.3 Å². The van der Waals surface area contributed by atoms with Crippen LogP contribution < -0.4 is 0 Å². The van der Waals surface area contributed by atoms with Crippen LogP contribution in [0, 0.1) is 0 Å². The lowest BCUT2D eigenvalue weighted by Crippen LogP contribution is -2.13. The fourth-order valence-corrected chi connectivity index (χ4v) is 1.03. The molecule has 0 radical (unpaired) electrons. The van der Waals surface area contributed by atoms with E-state index in [-0.39, 0.29) is 11.5 Å². The van der Waals surface area contributed by atoms with Crippen LogP contribution in [-0.2, 0) is 6.18 Å². The summed E-state index contributed by atoms with van der Waals surface area (Å²) in [6.07, 6.45) is -3.14. The minimum Gasteiger partial charge on any atom is -0.164 e. The van der Waals surface area contributed by atoms with E-state index in [1.54, 1.807) is 13.8 Å². The highest BCUT2D eigenvalue weighted by atomic mass is 19.4. The Bertz CT molecular complexity index is 294. The SMILES string of the molecule is CC(C)c1ccnnc1C(F)(F)F. The standard InChI is InChI=1S/C8H9F3N2/c1-5(2)6-3-4-12-13-7(6)8(9,10)11/h3-5H,1-2H3. The van der Waals surface area contributed by atoms with Crippen LogP contribution in [0.3, 0.4) is 0 Å². The van der Waals surface area contributed by atoms with Gasteiger partial charge in [0, 0.05) is 6.20 Å². The third kappa shape index (κ3) is 2.17. The van der Waals surface area contributed by atoms with Gasteiger partial charge in [0.1, 0.15) is 0 Å². The fraction of sp³-hybridized carbons (Fsp3) is 0.500. The zero-order valence-corrected chi connectivity index (χ0v) is 7.26. The van der Waals surface area contributed by atoms with E-state index < -0.39 is 11.9 Å². The van der Waals surface area contributed by atoms with Crippen LogP contribution >= 0.6 is 0 Å². The lowest BCUT2D eigenvalue weighted by atomic mass is 10.0. The summed E-state index contributed by atoms with van der Waals surface area (Å²) in [6.45, 7) is 3.37. The van der Waals surface area contributed by atoms with Crippen LogP contribution in [0.1, 0.15) is 31.0 Å². The van der Waals surface area contributed by atoms with E-state index in [1.807, 2.05) is 0 Å². The molecule has 0 bridgehead atoms. The van der Waals surface area contributed by atoms with Crippen molar-refractivity contribution < 1.29 is 13.2 Å². The number of alkyl halides is 3. The molecule has 1 rings (SSSR count). The molecule has 1 heterocycles. The summed E-state index contributed by atoms with van der Waals surface area (Å²) < 4.78 is 36.9. The third-order valence-corrected chi connectivity index (χ3v) is 1.64. The second-order valence-corrected chi connectivity index (χ2v) is 2.99. The van der Waals surface area contributed by atoms with Gasteiger partial charge < -0.3 is 0 Å². The first-order valence-electron chi connectivity index (χ1n) is 3.81. The fourth-order valence-electron chi connectivity index (χ4n) is 1.03. The van der Waals surface area contributed by atoms with Gasteiger partial charge in [-0.05, 0) is 17.5 Å². The molecule has 5 heteroatoms. The van der Waals surface area contributed by atoms with Crippen LogP contribution in [0.4, 0.5) is 13.2 Å². The first-order chi connectivity index (χ1) is 5.93. The first kappa shape index (κ1) is 9.95. The molecule has 0 saturated heterocycles. The quantitative estimate of drug-likeness (QED) is 0.680. The summed E-state index contributed by atoms with van der Waals surface area (Å²) in [5.74, 6) is -0.202. The molecular formula is C8H9F3N2. The molecule has 0 aromatic carbocycles. The van der Waals surface area contributed by atoms with Crippen molar-refractivity contribution in [2.45, 2.75) is 25.9 Å². The maximum absolute atomic E-state index is 12.3. The molecule has 0 aliphatic rings. The molecule has 0 aliphatic carbocycles. The highest BCUT2D eigenvalue weighted by Gasteiger charge is 2.36. The van der Waals surface area contributed by atoms with Crippen LogP contribution in [0.5, 0.6) is 0 Å². The van der Waals surface area contributed by atoms with Gasteiger partial charge in [-0.2, -0.15) is 18.3 Å². The Morgan fingerprint density at radius 3 is 2.31 bits per heavy atom. The Morgan fingerprint density at radius 1 is 1.31 bits per heavy atom. The van der Waals surface area contributed by atoms with Crippen LogP contribution in [0.2, 0.25) is 0 Å². The lowest BCUT2D eigenvalue weighted by Gasteiger charge is -2.12. The average Bonchev–Trinajstić information content (AvgIpc) is 2.03. The van der Waals surface area contributed by atoms with Gasteiger partial charge >= 0.3 is 6.18 Å². The second kappa shape index (κ2) is 3.32. The first-order valence-corrected chi connectivity index (χ1v) is 3.81. The van der Waals surface area contributed by atoms with E-state index in [9.17, 15) is 13.2 Å². The monoisotopic (exact) mass is 190 g/mol. The second-order valence-electron chi connectivity index (χ2n) is 2.99. The number of hydrogen-bond donors (Lipinski definition) is 0. The van der Waals surface area contributed by atoms with Gasteiger partial charge in [0.25, 0.3) is 0 Å². The van der Waals surface area contributed by atoms with Crippen molar-refractivity contribution in [1.82, 2.24) is 10.2 Å². The van der Waals surface area contributed by atoms with E-state index in [2.05, 4.69) is 10.2 Å². The number of aromatic nitrogens is 2. The summed E-state index contributed by atoms with van der Waals surface area (Å²) >= 11 is 0. The van der Waals surface area contributed by atoms with Gasteiger partial charge in [0.2, 0.25) is 0 Å². The van der Waals surface area contributed by atoms with E-state index >= 15 is 0 Å². The van der Waals surface area contributed by atoms with Gasteiger partial charge in [-0.1, -0.05) is 13.8 Å². The van der Waals surface area contributed by atoms with Crippen molar-refractivity contribution in [2.75, 3.05) is 0 Å². The minimum absolute atomic E-state index is 0.183. The molecule has 0 aliphatic heterocycles. The zero-order valence-electron chi connectivity index (χ0n) is 7.26. The Morgan fingerprint density at radius 2 is 1.92 bits per heavy atom. The van der Waals surface area contributed by atoms with E-state index in [4.69, 9.17) is 0 Å². The molecule has 0 amide bonds. The van der Waals surface area contributed by atoms with Crippen molar-refractivity contribution in [3.8, 4) is 0 Å². The number of halogens is 3. The van der Waals surface area contributed by atoms with Crippen molar-refractivity contribution in [3.05, 3.63) is 23.5 Å². The van der Waals surface area contributed by atoms with Crippen molar-refractivity contribution in [3.63, 3.8) is 0 Å². The lowest BCUT2D eigenvalue weighted by molar-refractivity contribution is -0.142. The predicted octanol–water partition coefficient (Wildman–Crippen LogP) is 2.62. The molecule has 1 aromatic rings. The Hall–Kier alpha value is -1.13. The van der Waals surface area contributed by atoms with Crippen LogP contribution in [-0.4, -0.2) is 10.2 Å². The Balaban J connectivity index is 3.20. The number of hydrogen-bond acceptors (Lipinski definition) is 2. The third-order valence-electron chi connectivity index (χ3n) is 1.64. The molecular weight excluding hydrogens is 181 g/mol.